The normalized spacial score (nSPS) is 15.5. The molecule has 0 aromatic heterocycles. The van der Waals surface area contributed by atoms with Crippen molar-refractivity contribution in [3.63, 3.8) is 0 Å². The Labute approximate surface area is 226 Å². The lowest BCUT2D eigenvalue weighted by atomic mass is 10.1. The van der Waals surface area contributed by atoms with E-state index in [4.69, 9.17) is 19.4 Å². The summed E-state index contributed by atoms with van der Waals surface area (Å²) in [6.45, 7) is 4.06. The zero-order chi connectivity index (χ0) is 29.5. The molecule has 40 heavy (non-hydrogen) atoms. The zero-order valence-electron chi connectivity index (χ0n) is 21.6. The average Bonchev–Trinajstić information content (AvgIpc) is 3.32. The maximum Gasteiger partial charge on any atom is 0.490 e. The van der Waals surface area contributed by atoms with Gasteiger partial charge in [0.1, 0.15) is 18.1 Å². The molecule has 2 aliphatic heterocycles. The van der Waals surface area contributed by atoms with Gasteiger partial charge < -0.3 is 19.9 Å². The molecular formula is C26H29F6N3O5. The minimum absolute atomic E-state index is 0.0198. The molecule has 2 aliphatic rings. The topological polar surface area (TPSA) is 91.3 Å². The molecule has 0 spiro atoms. The number of likely N-dealkylation sites (tertiary alicyclic amines) is 1. The van der Waals surface area contributed by atoms with Crippen LogP contribution < -0.4 is 19.7 Å². The van der Waals surface area contributed by atoms with E-state index in [2.05, 4.69) is 10.2 Å². The first-order valence-corrected chi connectivity index (χ1v) is 12.4. The highest BCUT2D eigenvalue weighted by molar-refractivity contribution is 6.03. The van der Waals surface area contributed by atoms with E-state index in [0.717, 1.165) is 37.3 Å². The molecule has 1 saturated heterocycles. The van der Waals surface area contributed by atoms with Crippen molar-refractivity contribution in [2.45, 2.75) is 38.0 Å². The number of nitrogens with zero attached hydrogens (tertiary/aromatic N) is 2. The molecule has 0 aliphatic carbocycles. The molecule has 0 radical (unpaired) electrons. The van der Waals surface area contributed by atoms with E-state index in [1.54, 1.807) is 0 Å². The first-order chi connectivity index (χ1) is 18.8. The number of ether oxygens (including phenoxy) is 2. The van der Waals surface area contributed by atoms with E-state index in [1.807, 2.05) is 18.2 Å². The number of rotatable bonds is 6. The van der Waals surface area contributed by atoms with Crippen LogP contribution in [-0.4, -0.2) is 68.1 Å². The number of amides is 2. The molecular weight excluding hydrogens is 548 g/mol. The second-order valence-corrected chi connectivity index (χ2v) is 9.12. The summed E-state index contributed by atoms with van der Waals surface area (Å²) in [5.74, 6) is -2.06. The number of aliphatic carboxylic acids is 1. The number of hydrogen-bond acceptors (Lipinski definition) is 5. The standard InChI is InChI=1S/C24H28F3N3O3.C2HF3O2/c1-32-21-14-18(24(25,26)27)13-19(15-21)28-23(31)30-10-7-17-5-6-20(16-22(17)30)33-12-11-29-8-3-2-4-9-29;3-2(4,5)1(6)7/h5-6,13-16H,2-4,7-12H2,1H3,(H,28,31);(H,6,7). The lowest BCUT2D eigenvalue weighted by Crippen LogP contribution is -2.33. The Morgan fingerprint density at radius 2 is 1.62 bits per heavy atom. The molecule has 2 aromatic carbocycles. The average molecular weight is 578 g/mol. The van der Waals surface area contributed by atoms with Crippen LogP contribution in [0.15, 0.2) is 36.4 Å². The van der Waals surface area contributed by atoms with Crippen LogP contribution in [0.3, 0.4) is 0 Å². The third-order valence-corrected chi connectivity index (χ3v) is 6.29. The van der Waals surface area contributed by atoms with Crippen LogP contribution in [0.2, 0.25) is 0 Å². The molecule has 2 amide bonds. The van der Waals surface area contributed by atoms with Crippen LogP contribution in [-0.2, 0) is 17.4 Å². The van der Waals surface area contributed by atoms with Gasteiger partial charge in [0.25, 0.3) is 0 Å². The number of urea groups is 1. The second-order valence-electron chi connectivity index (χ2n) is 9.12. The van der Waals surface area contributed by atoms with Gasteiger partial charge in [-0.2, -0.15) is 26.3 Å². The Morgan fingerprint density at radius 3 is 2.23 bits per heavy atom. The molecule has 14 heteroatoms. The van der Waals surface area contributed by atoms with Crippen molar-refractivity contribution in [2.75, 3.05) is 50.1 Å². The minimum Gasteiger partial charge on any atom is -0.497 e. The van der Waals surface area contributed by atoms with Gasteiger partial charge in [0.05, 0.1) is 18.4 Å². The number of alkyl halides is 6. The number of carbonyl (C=O) groups excluding carboxylic acids is 1. The van der Waals surface area contributed by atoms with Crippen LogP contribution in [0.1, 0.15) is 30.4 Å². The summed E-state index contributed by atoms with van der Waals surface area (Å²) in [6, 6.07) is 8.32. The lowest BCUT2D eigenvalue weighted by molar-refractivity contribution is -0.192. The lowest BCUT2D eigenvalue weighted by Gasteiger charge is -2.26. The number of benzene rings is 2. The maximum atomic E-state index is 13.2. The van der Waals surface area contributed by atoms with Crippen LogP contribution in [0.25, 0.3) is 0 Å². The van der Waals surface area contributed by atoms with Gasteiger partial charge in [-0.15, -0.1) is 0 Å². The smallest absolute Gasteiger partial charge is 0.490 e. The molecule has 2 aromatic rings. The number of nitrogens with one attached hydrogen (secondary N) is 1. The highest BCUT2D eigenvalue weighted by Crippen LogP contribution is 2.35. The Balaban J connectivity index is 0.000000559. The van der Waals surface area contributed by atoms with E-state index >= 15 is 0 Å². The SMILES string of the molecule is COc1cc(NC(=O)N2CCc3ccc(OCCN4CCCCC4)cc32)cc(C(F)(F)F)c1.O=C(O)C(F)(F)F. The predicted octanol–water partition coefficient (Wildman–Crippen LogP) is 5.81. The van der Waals surface area contributed by atoms with E-state index in [9.17, 15) is 31.1 Å². The molecule has 0 saturated carbocycles. The highest BCUT2D eigenvalue weighted by atomic mass is 19.4. The van der Waals surface area contributed by atoms with E-state index in [1.165, 1.54) is 37.3 Å². The fraction of sp³-hybridized carbons (Fsp3) is 0.462. The third-order valence-electron chi connectivity index (χ3n) is 6.29. The number of hydrogen-bond donors (Lipinski definition) is 2. The molecule has 0 unspecified atom stereocenters. The molecule has 2 heterocycles. The van der Waals surface area contributed by atoms with Crippen LogP contribution in [0.5, 0.6) is 11.5 Å². The summed E-state index contributed by atoms with van der Waals surface area (Å²) >= 11 is 0. The van der Waals surface area contributed by atoms with E-state index in [-0.39, 0.29) is 11.4 Å². The van der Waals surface area contributed by atoms with E-state index in [0.29, 0.717) is 31.0 Å². The summed E-state index contributed by atoms with van der Waals surface area (Å²) in [4.78, 5) is 25.7. The van der Waals surface area contributed by atoms with Crippen molar-refractivity contribution >= 4 is 23.4 Å². The highest BCUT2D eigenvalue weighted by Gasteiger charge is 2.38. The Kier molecular flexibility index (Phi) is 10.1. The van der Waals surface area contributed by atoms with Gasteiger partial charge in [0.2, 0.25) is 0 Å². The second kappa shape index (κ2) is 13.1. The van der Waals surface area contributed by atoms with Crippen LogP contribution >= 0.6 is 0 Å². The fourth-order valence-corrected chi connectivity index (χ4v) is 4.28. The maximum absolute atomic E-state index is 13.2. The van der Waals surface area contributed by atoms with Gasteiger partial charge in [0, 0.05) is 30.9 Å². The predicted molar refractivity (Wildman–Crippen MR) is 134 cm³/mol. The van der Waals surface area contributed by atoms with Gasteiger partial charge in [-0.3, -0.25) is 9.80 Å². The van der Waals surface area contributed by atoms with Crippen molar-refractivity contribution in [3.8, 4) is 11.5 Å². The summed E-state index contributed by atoms with van der Waals surface area (Å²) in [5.41, 5.74) is 0.842. The quantitative estimate of drug-likeness (QED) is 0.422. The third kappa shape index (κ3) is 8.66. The number of carbonyl (C=O) groups is 2. The number of fused-ring (bicyclic) bond motifs is 1. The number of piperidine rings is 1. The van der Waals surface area contributed by atoms with Crippen LogP contribution in [0, 0.1) is 0 Å². The number of anilines is 2. The Hall–Kier alpha value is -3.68. The Bertz CT molecular complexity index is 1180. The molecule has 220 valence electrons. The monoisotopic (exact) mass is 577 g/mol. The van der Waals surface area contributed by atoms with Crippen molar-refractivity contribution < 1.29 is 50.5 Å². The number of methoxy groups -OCH3 is 1. The van der Waals surface area contributed by atoms with Crippen molar-refractivity contribution in [1.82, 2.24) is 4.90 Å². The van der Waals surface area contributed by atoms with Gasteiger partial charge in [-0.1, -0.05) is 12.5 Å². The fourth-order valence-electron chi connectivity index (χ4n) is 4.28. The van der Waals surface area contributed by atoms with Gasteiger partial charge in [0.15, 0.2) is 0 Å². The minimum atomic E-state index is -5.08. The number of carboxylic acid groups (broad SMARTS) is 1. The molecule has 0 atom stereocenters. The summed E-state index contributed by atoms with van der Waals surface area (Å²) in [5, 5.41) is 9.70. The summed E-state index contributed by atoms with van der Waals surface area (Å²) in [6.07, 6.45) is -5.23. The van der Waals surface area contributed by atoms with Gasteiger partial charge >= 0.3 is 24.4 Å². The van der Waals surface area contributed by atoms with Crippen molar-refractivity contribution in [1.29, 1.82) is 0 Å². The van der Waals surface area contributed by atoms with Crippen molar-refractivity contribution in [2.24, 2.45) is 0 Å². The zero-order valence-corrected chi connectivity index (χ0v) is 21.6. The first kappa shape index (κ1) is 30.9. The van der Waals surface area contributed by atoms with Crippen LogP contribution in [0.4, 0.5) is 42.5 Å². The number of carboxylic acids is 1. The molecule has 2 N–H and O–H groups in total. The molecule has 1 fully saturated rings. The van der Waals surface area contributed by atoms with Gasteiger partial charge in [-0.05, 0) is 56.1 Å². The summed E-state index contributed by atoms with van der Waals surface area (Å²) in [7, 11) is 1.28. The van der Waals surface area contributed by atoms with Crippen molar-refractivity contribution in [3.05, 3.63) is 47.5 Å². The number of halogens is 6. The van der Waals surface area contributed by atoms with Gasteiger partial charge in [-0.25, -0.2) is 9.59 Å². The molecule has 8 nitrogen and oxygen atoms in total. The Morgan fingerprint density at radius 1 is 0.950 bits per heavy atom. The van der Waals surface area contributed by atoms with E-state index < -0.39 is 29.9 Å². The largest absolute Gasteiger partial charge is 0.497 e. The summed E-state index contributed by atoms with van der Waals surface area (Å²) < 4.78 is 82.2. The first-order valence-electron chi connectivity index (χ1n) is 12.4. The molecule has 0 bridgehead atoms. The molecule has 4 rings (SSSR count).